The average Bonchev–Trinajstić information content (AvgIpc) is 2.63. The normalized spacial score (nSPS) is 11.3. The van der Waals surface area contributed by atoms with E-state index in [2.05, 4.69) is 20.6 Å². The number of aryl methyl sites for hydroxylation is 1. The van der Waals surface area contributed by atoms with E-state index in [0.717, 1.165) is 12.5 Å². The Hall–Kier alpha value is -3.10. The third kappa shape index (κ3) is 7.44. The third-order valence-electron chi connectivity index (χ3n) is 3.70. The standard InChI is InChI=1S/C20H24F2N4O3/c1-12(2)18(27)26-16-9-14(5-6-23-16)19(28)24-10-15-7-13(3)8-17(25-15)29-11-20(4,21)22/h5-9,12H,10-11H2,1-4H3,(H,24,28)(H,23,26,27). The molecule has 2 rings (SSSR count). The fourth-order valence-electron chi connectivity index (χ4n) is 2.25. The number of nitrogens with one attached hydrogen (secondary N) is 2. The molecule has 0 bridgehead atoms. The molecule has 0 aliphatic rings. The van der Waals surface area contributed by atoms with Crippen molar-refractivity contribution in [3.8, 4) is 5.88 Å². The Kier molecular flexibility index (Phi) is 7.19. The van der Waals surface area contributed by atoms with Gasteiger partial charge in [-0.1, -0.05) is 13.8 Å². The van der Waals surface area contributed by atoms with Crippen LogP contribution in [0.3, 0.4) is 0 Å². The highest BCUT2D eigenvalue weighted by Crippen LogP contribution is 2.17. The summed E-state index contributed by atoms with van der Waals surface area (Å²) in [5.74, 6) is -3.43. The predicted molar refractivity (Wildman–Crippen MR) is 104 cm³/mol. The van der Waals surface area contributed by atoms with E-state index in [-0.39, 0.29) is 30.1 Å². The Morgan fingerprint density at radius 1 is 1.24 bits per heavy atom. The van der Waals surface area contributed by atoms with E-state index >= 15 is 0 Å². The van der Waals surface area contributed by atoms with E-state index in [1.54, 1.807) is 32.9 Å². The Bertz CT molecular complexity index is 882. The summed E-state index contributed by atoms with van der Waals surface area (Å²) in [6.45, 7) is 5.33. The highest BCUT2D eigenvalue weighted by Gasteiger charge is 2.22. The van der Waals surface area contributed by atoms with Crippen LogP contribution >= 0.6 is 0 Å². The summed E-state index contributed by atoms with van der Waals surface area (Å²) < 4.78 is 31.0. The number of rotatable bonds is 8. The Balaban J connectivity index is 2.02. The molecule has 2 amide bonds. The highest BCUT2D eigenvalue weighted by atomic mass is 19.3. The van der Waals surface area contributed by atoms with Gasteiger partial charge in [-0.05, 0) is 30.7 Å². The van der Waals surface area contributed by atoms with Crippen molar-refractivity contribution in [2.75, 3.05) is 11.9 Å². The van der Waals surface area contributed by atoms with Crippen LogP contribution < -0.4 is 15.4 Å². The topological polar surface area (TPSA) is 93.2 Å². The molecule has 2 aromatic heterocycles. The molecule has 0 atom stereocenters. The minimum absolute atomic E-state index is 0.0679. The molecule has 29 heavy (non-hydrogen) atoms. The van der Waals surface area contributed by atoms with Gasteiger partial charge in [-0.25, -0.2) is 18.7 Å². The molecule has 0 saturated carbocycles. The minimum Gasteiger partial charge on any atom is -0.471 e. The van der Waals surface area contributed by atoms with Gasteiger partial charge >= 0.3 is 0 Å². The van der Waals surface area contributed by atoms with Crippen molar-refractivity contribution in [3.05, 3.63) is 47.3 Å². The van der Waals surface area contributed by atoms with Gasteiger partial charge in [-0.2, -0.15) is 0 Å². The van der Waals surface area contributed by atoms with Crippen LogP contribution in [-0.4, -0.2) is 34.3 Å². The second-order valence-corrected chi connectivity index (χ2v) is 7.09. The summed E-state index contributed by atoms with van der Waals surface area (Å²) in [5.41, 5.74) is 1.55. The fourth-order valence-corrected chi connectivity index (χ4v) is 2.25. The van der Waals surface area contributed by atoms with E-state index in [4.69, 9.17) is 4.74 Å². The smallest absolute Gasteiger partial charge is 0.278 e. The van der Waals surface area contributed by atoms with Crippen LogP contribution in [0.25, 0.3) is 0 Å². The molecule has 0 radical (unpaired) electrons. The zero-order valence-corrected chi connectivity index (χ0v) is 16.8. The Labute approximate surface area is 167 Å². The van der Waals surface area contributed by atoms with Crippen LogP contribution in [0.5, 0.6) is 5.88 Å². The largest absolute Gasteiger partial charge is 0.471 e. The molecule has 2 heterocycles. The third-order valence-corrected chi connectivity index (χ3v) is 3.70. The van der Waals surface area contributed by atoms with E-state index in [1.165, 1.54) is 18.3 Å². The number of alkyl halides is 2. The molecule has 0 unspecified atom stereocenters. The molecule has 0 aliphatic heterocycles. The zero-order chi connectivity index (χ0) is 21.6. The molecule has 0 aromatic carbocycles. The van der Waals surface area contributed by atoms with Crippen LogP contribution in [0.1, 0.15) is 42.4 Å². The quantitative estimate of drug-likeness (QED) is 0.701. The van der Waals surface area contributed by atoms with Gasteiger partial charge in [-0.15, -0.1) is 0 Å². The summed E-state index contributed by atoms with van der Waals surface area (Å²) in [4.78, 5) is 32.3. The van der Waals surface area contributed by atoms with Gasteiger partial charge in [0.05, 0.1) is 12.2 Å². The molecular formula is C20H24F2N4O3. The van der Waals surface area contributed by atoms with Crippen molar-refractivity contribution < 1.29 is 23.1 Å². The number of carbonyl (C=O) groups is 2. The van der Waals surface area contributed by atoms with Gasteiger partial charge in [0.25, 0.3) is 11.8 Å². The van der Waals surface area contributed by atoms with E-state index in [0.29, 0.717) is 11.3 Å². The first kappa shape index (κ1) is 22.2. The SMILES string of the molecule is Cc1cc(CNC(=O)c2ccnc(NC(=O)C(C)C)c2)nc(OCC(C)(F)F)c1. The van der Waals surface area contributed by atoms with Crippen LogP contribution in [-0.2, 0) is 11.3 Å². The van der Waals surface area contributed by atoms with Gasteiger partial charge in [0.1, 0.15) is 5.82 Å². The number of ether oxygens (including phenoxy) is 1. The number of aromatic nitrogens is 2. The van der Waals surface area contributed by atoms with Crippen molar-refractivity contribution in [1.29, 1.82) is 0 Å². The summed E-state index contributed by atoms with van der Waals surface area (Å²) >= 11 is 0. The van der Waals surface area contributed by atoms with Crippen molar-refractivity contribution >= 4 is 17.6 Å². The zero-order valence-electron chi connectivity index (χ0n) is 16.8. The number of pyridine rings is 2. The van der Waals surface area contributed by atoms with Crippen molar-refractivity contribution in [2.24, 2.45) is 5.92 Å². The fraction of sp³-hybridized carbons (Fsp3) is 0.400. The Morgan fingerprint density at radius 3 is 2.62 bits per heavy atom. The van der Waals surface area contributed by atoms with Crippen LogP contribution in [0, 0.1) is 12.8 Å². The lowest BCUT2D eigenvalue weighted by atomic mass is 10.2. The maximum Gasteiger partial charge on any atom is 0.278 e. The summed E-state index contributed by atoms with van der Waals surface area (Å²) in [6.07, 6.45) is 1.42. The van der Waals surface area contributed by atoms with Crippen molar-refractivity contribution in [2.45, 2.75) is 40.2 Å². The van der Waals surface area contributed by atoms with Crippen molar-refractivity contribution in [1.82, 2.24) is 15.3 Å². The molecular weight excluding hydrogens is 382 g/mol. The molecule has 2 aromatic rings. The average molecular weight is 406 g/mol. The molecule has 7 nitrogen and oxygen atoms in total. The second kappa shape index (κ2) is 9.40. The number of hydrogen-bond acceptors (Lipinski definition) is 5. The molecule has 0 aliphatic carbocycles. The molecule has 0 spiro atoms. The number of nitrogens with zero attached hydrogens (tertiary/aromatic N) is 2. The maximum atomic E-state index is 13.0. The Morgan fingerprint density at radius 2 is 1.97 bits per heavy atom. The van der Waals surface area contributed by atoms with Crippen LogP contribution in [0.4, 0.5) is 14.6 Å². The lowest BCUT2D eigenvalue weighted by molar-refractivity contribution is -0.118. The van der Waals surface area contributed by atoms with Crippen LogP contribution in [0.2, 0.25) is 0 Å². The summed E-state index contributed by atoms with van der Waals surface area (Å²) in [7, 11) is 0. The number of anilines is 1. The predicted octanol–water partition coefficient (Wildman–Crippen LogP) is 3.34. The maximum absolute atomic E-state index is 13.0. The van der Waals surface area contributed by atoms with E-state index < -0.39 is 18.4 Å². The summed E-state index contributed by atoms with van der Waals surface area (Å²) in [6, 6.07) is 6.25. The van der Waals surface area contributed by atoms with Crippen LogP contribution in [0.15, 0.2) is 30.5 Å². The van der Waals surface area contributed by atoms with Gasteiger partial charge < -0.3 is 15.4 Å². The van der Waals surface area contributed by atoms with Gasteiger partial charge in [0.2, 0.25) is 11.8 Å². The molecule has 2 N–H and O–H groups in total. The highest BCUT2D eigenvalue weighted by molar-refractivity contribution is 5.96. The monoisotopic (exact) mass is 406 g/mol. The number of halogens is 2. The molecule has 0 saturated heterocycles. The van der Waals surface area contributed by atoms with Gasteiger partial charge in [0, 0.05) is 30.7 Å². The number of carbonyl (C=O) groups excluding carboxylic acids is 2. The van der Waals surface area contributed by atoms with Crippen molar-refractivity contribution in [3.63, 3.8) is 0 Å². The molecule has 0 fully saturated rings. The number of amides is 2. The van der Waals surface area contributed by atoms with Gasteiger partial charge in [-0.3, -0.25) is 9.59 Å². The summed E-state index contributed by atoms with van der Waals surface area (Å²) in [5, 5.41) is 5.33. The van der Waals surface area contributed by atoms with E-state index in [9.17, 15) is 18.4 Å². The van der Waals surface area contributed by atoms with Gasteiger partial charge in [0.15, 0.2) is 6.61 Å². The lowest BCUT2D eigenvalue weighted by Crippen LogP contribution is -2.25. The first-order valence-electron chi connectivity index (χ1n) is 9.07. The minimum atomic E-state index is -2.97. The van der Waals surface area contributed by atoms with E-state index in [1.807, 2.05) is 0 Å². The first-order chi connectivity index (χ1) is 13.5. The number of hydrogen-bond donors (Lipinski definition) is 2. The second-order valence-electron chi connectivity index (χ2n) is 7.09. The lowest BCUT2D eigenvalue weighted by Gasteiger charge is -2.13. The molecule has 156 valence electrons. The first-order valence-corrected chi connectivity index (χ1v) is 9.07. The molecule has 9 heteroatoms.